The molecule has 1 amide bonds. The van der Waals surface area contributed by atoms with Crippen molar-refractivity contribution in [2.75, 3.05) is 5.32 Å². The number of alkyl halides is 1. The highest BCUT2D eigenvalue weighted by atomic mass is 35.5. The number of thioether (sulfide) groups is 1. The molecule has 0 saturated carbocycles. The lowest BCUT2D eigenvalue weighted by atomic mass is 9.85. The maximum Gasteiger partial charge on any atom is 0.275 e. The minimum absolute atomic E-state index is 0.00447. The number of aliphatic imine (C=N–C) groups is 1. The average Bonchev–Trinajstić information content (AvgIpc) is 2.67. The number of nitrogens with zero attached hydrogens (tertiary/aromatic N) is 3. The molecule has 0 aliphatic carbocycles. The first-order valence-corrected chi connectivity index (χ1v) is 9.74. The minimum Gasteiger partial charge on any atom is -0.379 e. The number of carbonyl (C=O) groups is 1. The van der Waals surface area contributed by atoms with Crippen LogP contribution in [-0.2, 0) is 5.54 Å². The summed E-state index contributed by atoms with van der Waals surface area (Å²) in [6, 6.07) is 6.95. The number of amidine groups is 1. The van der Waals surface area contributed by atoms with Crippen molar-refractivity contribution < 1.29 is 13.6 Å². The second-order valence-electron chi connectivity index (χ2n) is 6.64. The minimum atomic E-state index is -1.54. The molecule has 29 heavy (non-hydrogen) atoms. The van der Waals surface area contributed by atoms with Crippen molar-refractivity contribution in [1.29, 1.82) is 5.26 Å². The summed E-state index contributed by atoms with van der Waals surface area (Å²) < 4.78 is 29.5. The number of carbonyl (C=O) groups excluding carboxylic acids is 1. The van der Waals surface area contributed by atoms with Gasteiger partial charge in [0.15, 0.2) is 5.17 Å². The highest BCUT2D eigenvalue weighted by Crippen LogP contribution is 2.42. The molecular formula is C19H16ClF2N5OS. The number of hydrogen-bond acceptors (Lipinski definition) is 6. The van der Waals surface area contributed by atoms with Crippen molar-refractivity contribution in [3.8, 4) is 6.07 Å². The van der Waals surface area contributed by atoms with Crippen molar-refractivity contribution in [3.05, 3.63) is 58.1 Å². The Morgan fingerprint density at radius 3 is 2.83 bits per heavy atom. The van der Waals surface area contributed by atoms with Crippen LogP contribution in [0.3, 0.4) is 0 Å². The quantitative estimate of drug-likeness (QED) is 0.758. The van der Waals surface area contributed by atoms with Gasteiger partial charge in [-0.25, -0.2) is 18.8 Å². The maximum atomic E-state index is 15.0. The molecule has 1 aliphatic rings. The van der Waals surface area contributed by atoms with Crippen LogP contribution in [0.1, 0.15) is 35.5 Å². The van der Waals surface area contributed by atoms with Crippen molar-refractivity contribution in [2.24, 2.45) is 10.7 Å². The van der Waals surface area contributed by atoms with Gasteiger partial charge in [-0.05, 0) is 38.1 Å². The van der Waals surface area contributed by atoms with E-state index in [-0.39, 0.29) is 32.7 Å². The number of rotatable bonds is 3. The van der Waals surface area contributed by atoms with E-state index >= 15 is 0 Å². The average molecular weight is 436 g/mol. The van der Waals surface area contributed by atoms with E-state index in [2.05, 4.69) is 15.3 Å². The largest absolute Gasteiger partial charge is 0.379 e. The number of nitrogens with two attached hydrogens (primary N) is 1. The van der Waals surface area contributed by atoms with Gasteiger partial charge in [-0.2, -0.15) is 5.26 Å². The first kappa shape index (κ1) is 21.0. The molecule has 0 saturated heterocycles. The summed E-state index contributed by atoms with van der Waals surface area (Å²) in [5.74, 6) is -1.33. The number of nitriles is 1. The third-order valence-electron chi connectivity index (χ3n) is 4.55. The molecule has 6 nitrogen and oxygen atoms in total. The highest BCUT2D eigenvalue weighted by Gasteiger charge is 2.45. The zero-order valence-electron chi connectivity index (χ0n) is 15.4. The van der Waals surface area contributed by atoms with Crippen molar-refractivity contribution in [3.63, 3.8) is 0 Å². The third kappa shape index (κ3) is 4.04. The molecule has 0 spiro atoms. The molecule has 10 heteroatoms. The van der Waals surface area contributed by atoms with E-state index in [0.717, 1.165) is 17.8 Å². The second-order valence-corrected chi connectivity index (χ2v) is 8.44. The highest BCUT2D eigenvalue weighted by molar-refractivity contribution is 8.14. The molecule has 3 rings (SSSR count). The van der Waals surface area contributed by atoms with Crippen LogP contribution in [0.5, 0.6) is 0 Å². The summed E-state index contributed by atoms with van der Waals surface area (Å²) in [6.45, 7) is 3.11. The van der Waals surface area contributed by atoms with Gasteiger partial charge in [0.05, 0.1) is 10.6 Å². The Morgan fingerprint density at radius 1 is 1.45 bits per heavy atom. The number of anilines is 1. The van der Waals surface area contributed by atoms with E-state index in [0.29, 0.717) is 0 Å². The van der Waals surface area contributed by atoms with E-state index in [4.69, 9.17) is 22.6 Å². The lowest BCUT2D eigenvalue weighted by Crippen LogP contribution is -2.44. The van der Waals surface area contributed by atoms with Gasteiger partial charge in [0.2, 0.25) is 0 Å². The summed E-state index contributed by atoms with van der Waals surface area (Å²) in [5.41, 5.74) is 4.54. The van der Waals surface area contributed by atoms with Gasteiger partial charge in [0.25, 0.3) is 5.91 Å². The molecule has 1 aromatic carbocycles. The Hall–Kier alpha value is -2.70. The second kappa shape index (κ2) is 7.97. The van der Waals surface area contributed by atoms with Crippen LogP contribution in [0.15, 0.2) is 35.5 Å². The van der Waals surface area contributed by atoms with Crippen LogP contribution in [0.2, 0.25) is 5.02 Å². The lowest BCUT2D eigenvalue weighted by molar-refractivity contribution is 0.102. The fourth-order valence-electron chi connectivity index (χ4n) is 3.08. The molecule has 3 atom stereocenters. The Labute approximate surface area is 175 Å². The molecule has 3 N–H and O–H groups in total. The van der Waals surface area contributed by atoms with Crippen molar-refractivity contribution >= 4 is 40.1 Å². The molecule has 150 valence electrons. The van der Waals surface area contributed by atoms with Gasteiger partial charge in [-0.3, -0.25) is 4.79 Å². The van der Waals surface area contributed by atoms with E-state index < -0.39 is 28.7 Å². The molecule has 2 aromatic rings. The van der Waals surface area contributed by atoms with Crippen LogP contribution in [0.4, 0.5) is 14.5 Å². The number of nitrogens with one attached hydrogen (secondary N) is 1. The molecule has 1 aromatic heterocycles. The van der Waals surface area contributed by atoms with Gasteiger partial charge in [0.1, 0.15) is 29.3 Å². The number of amides is 1. The summed E-state index contributed by atoms with van der Waals surface area (Å²) >= 11 is 7.09. The normalized spacial score (nSPS) is 23.8. The van der Waals surface area contributed by atoms with Gasteiger partial charge < -0.3 is 11.1 Å². The fraction of sp³-hybridized carbons (Fsp3) is 0.263. The van der Waals surface area contributed by atoms with E-state index in [1.54, 1.807) is 6.92 Å². The van der Waals surface area contributed by atoms with Gasteiger partial charge in [-0.1, -0.05) is 23.4 Å². The predicted octanol–water partition coefficient (Wildman–Crippen LogP) is 4.00. The standard InChI is InChI=1S/C19H16ClF2N5OS/c1-9-16(22)19(2,27-18(24)29-9)12-6-11(3-4-14(12)21)26-17(28)15-13(20)5-10(7-23)8-25-15/h3-6,8-9,16H,1-2H3,(H2,24,27)(H,26,28)/t9-,16+,19-/m1/s1. The topological polar surface area (TPSA) is 104 Å². The van der Waals surface area contributed by atoms with Crippen LogP contribution in [0, 0.1) is 17.1 Å². The zero-order valence-corrected chi connectivity index (χ0v) is 17.0. The monoisotopic (exact) mass is 435 g/mol. The Bertz CT molecular complexity index is 1060. The first-order valence-electron chi connectivity index (χ1n) is 8.48. The predicted molar refractivity (Wildman–Crippen MR) is 109 cm³/mol. The molecule has 0 unspecified atom stereocenters. The molecular weight excluding hydrogens is 420 g/mol. The molecule has 0 bridgehead atoms. The van der Waals surface area contributed by atoms with Crippen LogP contribution in [0.25, 0.3) is 0 Å². The Balaban J connectivity index is 1.95. The van der Waals surface area contributed by atoms with Crippen LogP contribution < -0.4 is 11.1 Å². The van der Waals surface area contributed by atoms with Crippen LogP contribution >= 0.6 is 23.4 Å². The third-order valence-corrected chi connectivity index (χ3v) is 5.78. The van der Waals surface area contributed by atoms with E-state index in [9.17, 15) is 13.6 Å². The lowest BCUT2D eigenvalue weighted by Gasteiger charge is -2.37. The van der Waals surface area contributed by atoms with E-state index in [1.807, 2.05) is 6.07 Å². The van der Waals surface area contributed by atoms with Crippen LogP contribution in [-0.4, -0.2) is 27.5 Å². The first-order chi connectivity index (χ1) is 13.7. The number of aromatic nitrogens is 1. The number of pyridine rings is 1. The zero-order chi connectivity index (χ0) is 21.3. The number of hydrogen-bond donors (Lipinski definition) is 2. The molecule has 2 heterocycles. The number of benzene rings is 1. The van der Waals surface area contributed by atoms with E-state index in [1.165, 1.54) is 31.3 Å². The summed E-state index contributed by atoms with van der Waals surface area (Å²) in [4.78, 5) is 20.5. The maximum absolute atomic E-state index is 15.0. The van der Waals surface area contributed by atoms with Gasteiger partial charge in [-0.15, -0.1) is 0 Å². The molecule has 1 aliphatic heterocycles. The number of halogens is 3. The summed E-state index contributed by atoms with van der Waals surface area (Å²) in [5, 5.41) is 11.1. The molecule has 0 fully saturated rings. The van der Waals surface area contributed by atoms with Crippen molar-refractivity contribution in [1.82, 2.24) is 4.98 Å². The van der Waals surface area contributed by atoms with Gasteiger partial charge in [0, 0.05) is 22.7 Å². The Kier molecular flexibility index (Phi) is 5.78. The molecule has 0 radical (unpaired) electrons. The smallest absolute Gasteiger partial charge is 0.275 e. The fourth-order valence-corrected chi connectivity index (χ4v) is 4.34. The summed E-state index contributed by atoms with van der Waals surface area (Å²) in [7, 11) is 0. The van der Waals surface area contributed by atoms with Gasteiger partial charge >= 0.3 is 0 Å². The van der Waals surface area contributed by atoms with Crippen molar-refractivity contribution in [2.45, 2.75) is 30.8 Å². The summed E-state index contributed by atoms with van der Waals surface area (Å²) in [6.07, 6.45) is -0.278. The SMILES string of the molecule is C[C@H]1SC(N)=N[C@](C)(c2cc(NC(=O)c3ncc(C#N)cc3Cl)ccc2F)[C@H]1F. The Morgan fingerprint density at radius 2 is 2.17 bits per heavy atom.